The second kappa shape index (κ2) is 6.87. The number of carbonyl (C=O) groups is 2. The highest BCUT2D eigenvalue weighted by molar-refractivity contribution is 6.13. The molecule has 1 saturated heterocycles. The number of amides is 1. The Morgan fingerprint density at radius 2 is 1.79 bits per heavy atom. The molecule has 3 heterocycles. The Morgan fingerprint density at radius 1 is 1.07 bits per heavy atom. The molecule has 5 rings (SSSR count). The van der Waals surface area contributed by atoms with Gasteiger partial charge in [0.25, 0.3) is 5.91 Å². The van der Waals surface area contributed by atoms with Crippen molar-refractivity contribution >= 4 is 22.7 Å². The van der Waals surface area contributed by atoms with Crippen molar-refractivity contribution in [3.63, 3.8) is 0 Å². The van der Waals surface area contributed by atoms with Gasteiger partial charge in [0.2, 0.25) is 0 Å². The molecular weight excluding hydrogens is 368 g/mol. The molecule has 1 aromatic heterocycles. The fourth-order valence-corrected chi connectivity index (χ4v) is 5.17. The average Bonchev–Trinajstić information content (AvgIpc) is 3.05. The van der Waals surface area contributed by atoms with Crippen molar-refractivity contribution < 1.29 is 18.7 Å². The number of fused-ring (bicyclic) bond motifs is 3. The van der Waals surface area contributed by atoms with Crippen LogP contribution in [0.15, 0.2) is 16.5 Å². The van der Waals surface area contributed by atoms with Crippen molar-refractivity contribution in [1.82, 2.24) is 9.80 Å². The summed E-state index contributed by atoms with van der Waals surface area (Å²) in [6, 6.07) is 3.69. The molecule has 2 aliphatic heterocycles. The van der Waals surface area contributed by atoms with Crippen LogP contribution in [0.5, 0.6) is 5.75 Å². The van der Waals surface area contributed by atoms with Crippen molar-refractivity contribution in [2.75, 3.05) is 33.2 Å². The van der Waals surface area contributed by atoms with Gasteiger partial charge >= 0.3 is 0 Å². The Morgan fingerprint density at radius 3 is 2.52 bits per heavy atom. The molecule has 0 N–H and O–H groups in total. The summed E-state index contributed by atoms with van der Waals surface area (Å²) in [6.07, 6.45) is 5.73. The number of hydrogen-bond donors (Lipinski definition) is 0. The number of benzene rings is 1. The lowest BCUT2D eigenvalue weighted by Crippen LogP contribution is -2.47. The molecule has 0 unspecified atom stereocenters. The molecule has 0 atom stereocenters. The molecule has 29 heavy (non-hydrogen) atoms. The summed E-state index contributed by atoms with van der Waals surface area (Å²) in [5.74, 6) is 1.02. The Bertz CT molecular complexity index is 978. The molecule has 0 radical (unpaired) electrons. The van der Waals surface area contributed by atoms with E-state index in [4.69, 9.17) is 9.15 Å². The highest BCUT2D eigenvalue weighted by atomic mass is 16.5. The minimum atomic E-state index is -0.341. The van der Waals surface area contributed by atoms with Crippen LogP contribution in [0.2, 0.25) is 0 Å². The maximum atomic E-state index is 13.2. The van der Waals surface area contributed by atoms with Crippen molar-refractivity contribution in [2.24, 2.45) is 0 Å². The molecule has 1 saturated carbocycles. The lowest BCUT2D eigenvalue weighted by atomic mass is 9.78. The fourth-order valence-electron chi connectivity index (χ4n) is 5.17. The number of likely N-dealkylation sites (N-methyl/N-ethyl adjacent to an activating group) is 1. The summed E-state index contributed by atoms with van der Waals surface area (Å²) in [4.78, 5) is 30.4. The molecule has 2 fully saturated rings. The predicted octanol–water partition coefficient (Wildman–Crippen LogP) is 3.80. The molecule has 1 spiro atoms. The first-order valence-electron chi connectivity index (χ1n) is 10.7. The van der Waals surface area contributed by atoms with Gasteiger partial charge in [0.15, 0.2) is 11.5 Å². The predicted molar refractivity (Wildman–Crippen MR) is 110 cm³/mol. The minimum absolute atomic E-state index is 0.0894. The highest BCUT2D eigenvalue weighted by Crippen LogP contribution is 2.45. The standard InChI is InChI=1S/C23H28N2O4/c1-15-19-17(28-21(15)22(27)25-12-10-24(2)11-13-25)6-7-18-20(19)16(26)14-23(29-18)8-4-3-5-9-23/h6-7H,3-5,8-14H2,1-2H3. The Labute approximate surface area is 170 Å². The number of furan rings is 1. The zero-order valence-electron chi connectivity index (χ0n) is 17.3. The largest absolute Gasteiger partial charge is 0.486 e. The topological polar surface area (TPSA) is 63.0 Å². The highest BCUT2D eigenvalue weighted by Gasteiger charge is 2.42. The van der Waals surface area contributed by atoms with E-state index in [1.54, 1.807) is 0 Å². The van der Waals surface area contributed by atoms with Crippen molar-refractivity contribution in [1.29, 1.82) is 0 Å². The van der Waals surface area contributed by atoms with E-state index >= 15 is 0 Å². The first-order valence-corrected chi connectivity index (χ1v) is 10.7. The second-order valence-electron chi connectivity index (χ2n) is 8.91. The van der Waals surface area contributed by atoms with Crippen molar-refractivity contribution in [3.05, 3.63) is 29.0 Å². The maximum absolute atomic E-state index is 13.2. The second-order valence-corrected chi connectivity index (χ2v) is 8.91. The smallest absolute Gasteiger partial charge is 0.289 e. The van der Waals surface area contributed by atoms with Gasteiger partial charge in [0.1, 0.15) is 16.9 Å². The summed E-state index contributed by atoms with van der Waals surface area (Å²) in [7, 11) is 2.06. The lowest BCUT2D eigenvalue weighted by Gasteiger charge is -2.40. The quantitative estimate of drug-likeness (QED) is 0.734. The Balaban J connectivity index is 1.53. The van der Waals surface area contributed by atoms with E-state index in [2.05, 4.69) is 11.9 Å². The van der Waals surface area contributed by atoms with Gasteiger partial charge in [-0.25, -0.2) is 0 Å². The molecule has 0 bridgehead atoms. The number of carbonyl (C=O) groups excluding carboxylic acids is 2. The SMILES string of the molecule is Cc1c(C(=O)N2CCN(C)CC2)oc2ccc3c(c12)C(=O)CC1(CCCCC1)O3. The van der Waals surface area contributed by atoms with Crippen LogP contribution in [0.25, 0.3) is 11.0 Å². The van der Waals surface area contributed by atoms with E-state index < -0.39 is 0 Å². The van der Waals surface area contributed by atoms with Gasteiger partial charge in [0, 0.05) is 37.1 Å². The summed E-state index contributed by atoms with van der Waals surface area (Å²) in [5, 5.41) is 0.746. The number of piperazine rings is 1. The molecule has 6 heteroatoms. The fraction of sp³-hybridized carbons (Fsp3) is 0.565. The third kappa shape index (κ3) is 3.05. The van der Waals surface area contributed by atoms with Crippen LogP contribution in [-0.2, 0) is 0 Å². The van der Waals surface area contributed by atoms with Crippen LogP contribution < -0.4 is 4.74 Å². The maximum Gasteiger partial charge on any atom is 0.289 e. The van der Waals surface area contributed by atoms with Gasteiger partial charge in [-0.15, -0.1) is 0 Å². The van der Waals surface area contributed by atoms with E-state index in [1.165, 1.54) is 6.42 Å². The first kappa shape index (κ1) is 18.7. The third-order valence-electron chi connectivity index (χ3n) is 6.89. The average molecular weight is 396 g/mol. The minimum Gasteiger partial charge on any atom is -0.486 e. The van der Waals surface area contributed by atoms with Gasteiger partial charge < -0.3 is 19.0 Å². The third-order valence-corrected chi connectivity index (χ3v) is 6.89. The number of aryl methyl sites for hydroxylation is 1. The summed E-state index contributed by atoms with van der Waals surface area (Å²) in [6.45, 7) is 4.97. The molecule has 3 aliphatic rings. The van der Waals surface area contributed by atoms with Gasteiger partial charge in [-0.2, -0.15) is 0 Å². The van der Waals surface area contributed by atoms with Gasteiger partial charge in [-0.05, 0) is 51.8 Å². The summed E-state index contributed by atoms with van der Waals surface area (Å²) in [5.41, 5.74) is 1.59. The van der Waals surface area contributed by atoms with Crippen molar-refractivity contribution in [2.45, 2.75) is 51.0 Å². The van der Waals surface area contributed by atoms with E-state index in [0.29, 0.717) is 42.2 Å². The van der Waals surface area contributed by atoms with Gasteiger partial charge in [0.05, 0.1) is 12.0 Å². The van der Waals surface area contributed by atoms with Crippen molar-refractivity contribution in [3.8, 4) is 5.75 Å². The summed E-state index contributed by atoms with van der Waals surface area (Å²) >= 11 is 0. The van der Waals surface area contributed by atoms with Crippen LogP contribution in [0, 0.1) is 6.92 Å². The monoisotopic (exact) mass is 396 g/mol. The molecule has 154 valence electrons. The number of ketones is 1. The molecule has 1 aliphatic carbocycles. The number of hydrogen-bond acceptors (Lipinski definition) is 5. The van der Waals surface area contributed by atoms with Gasteiger partial charge in [-0.3, -0.25) is 9.59 Å². The van der Waals surface area contributed by atoms with Gasteiger partial charge in [-0.1, -0.05) is 6.42 Å². The Hall–Kier alpha value is -2.34. The molecule has 2 aromatic rings. The normalized spacial score (nSPS) is 22.0. The van der Waals surface area contributed by atoms with E-state index in [1.807, 2.05) is 24.0 Å². The molecule has 1 amide bonds. The van der Waals surface area contributed by atoms with Crippen LogP contribution in [0.4, 0.5) is 0 Å². The number of rotatable bonds is 1. The Kier molecular flexibility index (Phi) is 4.42. The van der Waals surface area contributed by atoms with Crippen LogP contribution in [0.1, 0.15) is 65.0 Å². The van der Waals surface area contributed by atoms with E-state index in [9.17, 15) is 9.59 Å². The zero-order chi connectivity index (χ0) is 20.2. The molecule has 6 nitrogen and oxygen atoms in total. The molecular formula is C23H28N2O4. The first-order chi connectivity index (χ1) is 14.0. The van der Waals surface area contributed by atoms with Crippen LogP contribution in [0.3, 0.4) is 0 Å². The summed E-state index contributed by atoms with van der Waals surface area (Å²) < 4.78 is 12.4. The number of ether oxygens (including phenoxy) is 1. The van der Waals surface area contributed by atoms with E-state index in [0.717, 1.165) is 49.7 Å². The lowest BCUT2D eigenvalue weighted by molar-refractivity contribution is 0.0139. The zero-order valence-corrected chi connectivity index (χ0v) is 17.3. The van der Waals surface area contributed by atoms with Crippen LogP contribution in [-0.4, -0.2) is 60.3 Å². The molecule has 1 aromatic carbocycles. The van der Waals surface area contributed by atoms with E-state index in [-0.39, 0.29) is 17.3 Å². The number of Topliss-reactive ketones (excluding diaryl/α,β-unsaturated/α-hetero) is 1. The van der Waals surface area contributed by atoms with Crippen LogP contribution >= 0.6 is 0 Å². The number of nitrogens with zero attached hydrogens (tertiary/aromatic N) is 2.